The maximum Gasteiger partial charge on any atom is 0.217 e. The largest absolute Gasteiger partial charge is 0.496 e. The van der Waals surface area contributed by atoms with Gasteiger partial charge in [-0.15, -0.1) is 6.58 Å². The van der Waals surface area contributed by atoms with Gasteiger partial charge in [0.25, 0.3) is 0 Å². The van der Waals surface area contributed by atoms with E-state index in [1.807, 2.05) is 0 Å². The zero-order valence-electron chi connectivity index (χ0n) is 7.56. The van der Waals surface area contributed by atoms with Crippen molar-refractivity contribution in [2.45, 2.75) is 18.9 Å². The predicted molar refractivity (Wildman–Crippen MR) is 49.3 cm³/mol. The van der Waals surface area contributed by atoms with Crippen LogP contribution in [0, 0.1) is 0 Å². The van der Waals surface area contributed by atoms with E-state index >= 15 is 0 Å². The first-order chi connectivity index (χ1) is 5.93. The quantitative estimate of drug-likeness (QED) is 0.703. The van der Waals surface area contributed by atoms with Crippen LogP contribution in [-0.2, 0) is 9.53 Å². The molecule has 13 heavy (non-hydrogen) atoms. The fraction of sp³-hybridized carbons (Fsp3) is 0.444. The van der Waals surface area contributed by atoms with Gasteiger partial charge in [-0.3, -0.25) is 4.79 Å². The van der Waals surface area contributed by atoms with Gasteiger partial charge in [0, 0.05) is 6.42 Å². The molecular weight excluding hydrogens is 192 g/mol. The van der Waals surface area contributed by atoms with Crippen LogP contribution in [0.25, 0.3) is 0 Å². The van der Waals surface area contributed by atoms with E-state index in [1.54, 1.807) is 6.92 Å². The molecule has 1 atom stereocenters. The van der Waals surface area contributed by atoms with Crippen molar-refractivity contribution in [2.75, 3.05) is 7.11 Å². The molecule has 0 aliphatic heterocycles. The smallest absolute Gasteiger partial charge is 0.217 e. The highest BCUT2D eigenvalue weighted by Gasteiger charge is 2.53. The Labute approximate surface area is 81.6 Å². The molecule has 0 aromatic carbocycles. The summed E-state index contributed by atoms with van der Waals surface area (Å²) in [7, 11) is 1.37. The van der Waals surface area contributed by atoms with Crippen LogP contribution in [0.2, 0.25) is 0 Å². The Balaban J connectivity index is 2.95. The molecule has 0 aromatic heterocycles. The van der Waals surface area contributed by atoms with Crippen molar-refractivity contribution < 1.29 is 14.6 Å². The molecule has 0 fully saturated rings. The first kappa shape index (κ1) is 10.3. The van der Waals surface area contributed by atoms with Crippen molar-refractivity contribution in [3.8, 4) is 0 Å². The van der Waals surface area contributed by atoms with Crippen molar-refractivity contribution >= 4 is 17.4 Å². The lowest BCUT2D eigenvalue weighted by atomic mass is 9.80. The Hall–Kier alpha value is -0.800. The second-order valence-electron chi connectivity index (χ2n) is 3.17. The summed E-state index contributed by atoms with van der Waals surface area (Å²) in [4.78, 5) is 11.2. The van der Waals surface area contributed by atoms with E-state index in [4.69, 9.17) is 16.3 Å². The highest BCUT2D eigenvalue weighted by atomic mass is 35.5. The van der Waals surface area contributed by atoms with E-state index in [9.17, 15) is 9.90 Å². The number of rotatable bonds is 3. The summed E-state index contributed by atoms with van der Waals surface area (Å²) < 4.78 is 4.82. The van der Waals surface area contributed by atoms with Gasteiger partial charge in [0.2, 0.25) is 5.78 Å². The maximum atomic E-state index is 11.2. The lowest BCUT2D eigenvalue weighted by molar-refractivity contribution is -0.138. The molecule has 0 saturated carbocycles. The molecule has 0 aromatic rings. The minimum Gasteiger partial charge on any atom is -0.496 e. The van der Waals surface area contributed by atoms with Crippen molar-refractivity contribution in [2.24, 2.45) is 0 Å². The van der Waals surface area contributed by atoms with Crippen molar-refractivity contribution in [1.29, 1.82) is 0 Å². The summed E-state index contributed by atoms with van der Waals surface area (Å²) in [5, 5.41) is 9.78. The average Bonchev–Trinajstić information content (AvgIpc) is 2.03. The van der Waals surface area contributed by atoms with Gasteiger partial charge in [-0.25, -0.2) is 0 Å². The lowest BCUT2D eigenvalue weighted by Gasteiger charge is -2.36. The van der Waals surface area contributed by atoms with Crippen LogP contribution in [0.3, 0.4) is 0 Å². The number of hydrogen-bond acceptors (Lipinski definition) is 3. The van der Waals surface area contributed by atoms with Gasteiger partial charge in [-0.05, 0) is 6.92 Å². The number of ether oxygens (including phenoxy) is 1. The lowest BCUT2D eigenvalue weighted by Crippen LogP contribution is -2.50. The molecule has 0 radical (unpaired) electrons. The summed E-state index contributed by atoms with van der Waals surface area (Å²) in [5.74, 6) is -0.351. The zero-order chi connectivity index (χ0) is 10.2. The molecule has 0 bridgehead atoms. The number of aliphatic hydroxyl groups is 1. The molecule has 3 nitrogen and oxygen atoms in total. The first-order valence-electron chi connectivity index (χ1n) is 3.79. The normalized spacial score (nSPS) is 27.2. The summed E-state index contributed by atoms with van der Waals surface area (Å²) >= 11 is 5.55. The minimum atomic E-state index is -1.57. The van der Waals surface area contributed by atoms with E-state index in [1.165, 1.54) is 7.11 Å². The maximum absolute atomic E-state index is 11.2. The molecule has 72 valence electrons. The Morgan fingerprint density at radius 2 is 2.31 bits per heavy atom. The summed E-state index contributed by atoms with van der Waals surface area (Å²) in [6.07, 6.45) is 0.158. The van der Waals surface area contributed by atoms with E-state index < -0.39 is 11.4 Å². The third-order valence-corrected chi connectivity index (χ3v) is 2.25. The second-order valence-corrected chi connectivity index (χ2v) is 3.55. The van der Waals surface area contributed by atoms with Gasteiger partial charge in [0.05, 0.1) is 7.11 Å². The second kappa shape index (κ2) is 3.16. The predicted octanol–water partition coefficient (Wildman–Crippen LogP) is 1.36. The van der Waals surface area contributed by atoms with E-state index in [2.05, 4.69) is 6.58 Å². The number of Topliss-reactive ketones (excluding diaryl/α,β-unsaturated/α-hetero) is 1. The number of carbonyl (C=O) groups excluding carboxylic acids is 1. The Kier molecular flexibility index (Phi) is 2.50. The van der Waals surface area contributed by atoms with E-state index in [-0.39, 0.29) is 17.2 Å². The molecular formula is C9H11ClO3. The molecule has 0 spiro atoms. The third kappa shape index (κ3) is 1.38. The number of methoxy groups -OCH3 is 1. The molecule has 4 heteroatoms. The first-order valence-corrected chi connectivity index (χ1v) is 4.17. The molecule has 1 N–H and O–H groups in total. The number of carbonyl (C=O) groups is 1. The molecule has 0 saturated heterocycles. The summed E-state index contributed by atoms with van der Waals surface area (Å²) in [6, 6.07) is 0. The Morgan fingerprint density at radius 1 is 1.77 bits per heavy atom. The number of ketones is 1. The van der Waals surface area contributed by atoms with Crippen LogP contribution < -0.4 is 0 Å². The van der Waals surface area contributed by atoms with Gasteiger partial charge in [-0.1, -0.05) is 17.2 Å². The van der Waals surface area contributed by atoms with Crippen LogP contribution in [0.4, 0.5) is 0 Å². The van der Waals surface area contributed by atoms with Crippen LogP contribution in [0.15, 0.2) is 22.9 Å². The Bertz CT molecular complexity index is 306. The Morgan fingerprint density at radius 3 is 2.69 bits per heavy atom. The third-order valence-electron chi connectivity index (χ3n) is 1.91. The minimum absolute atomic E-state index is 0.0220. The van der Waals surface area contributed by atoms with Gasteiger partial charge < -0.3 is 9.84 Å². The molecule has 1 aliphatic rings. The van der Waals surface area contributed by atoms with Crippen molar-refractivity contribution in [3.05, 3.63) is 22.9 Å². The SMILES string of the molecule is C=C(C)CC1(O)C(=O)C(Cl)=C1OC. The van der Waals surface area contributed by atoms with Gasteiger partial charge >= 0.3 is 0 Å². The fourth-order valence-corrected chi connectivity index (χ4v) is 1.75. The van der Waals surface area contributed by atoms with Crippen LogP contribution in [0.5, 0.6) is 0 Å². The van der Waals surface area contributed by atoms with Crippen LogP contribution in [0.1, 0.15) is 13.3 Å². The van der Waals surface area contributed by atoms with E-state index in [0.717, 1.165) is 0 Å². The standard InChI is InChI=1S/C9H11ClO3/c1-5(2)4-9(12)7(11)6(10)8(9)13-3/h12H,1,4H2,2-3H3. The average molecular weight is 203 g/mol. The topological polar surface area (TPSA) is 46.5 Å². The monoisotopic (exact) mass is 202 g/mol. The molecule has 1 unspecified atom stereocenters. The number of hydrogen-bond donors (Lipinski definition) is 1. The summed E-state index contributed by atoms with van der Waals surface area (Å²) in [6.45, 7) is 5.34. The highest BCUT2D eigenvalue weighted by Crippen LogP contribution is 2.41. The molecule has 1 rings (SSSR count). The highest BCUT2D eigenvalue weighted by molar-refractivity contribution is 6.47. The molecule has 1 aliphatic carbocycles. The van der Waals surface area contributed by atoms with Crippen molar-refractivity contribution in [3.63, 3.8) is 0 Å². The zero-order valence-corrected chi connectivity index (χ0v) is 8.31. The molecule has 0 amide bonds. The summed E-state index contributed by atoms with van der Waals surface area (Å²) in [5.41, 5.74) is -0.868. The fourth-order valence-electron chi connectivity index (χ4n) is 1.36. The van der Waals surface area contributed by atoms with Gasteiger partial charge in [0.1, 0.15) is 5.03 Å². The van der Waals surface area contributed by atoms with Gasteiger partial charge in [-0.2, -0.15) is 0 Å². The van der Waals surface area contributed by atoms with E-state index in [0.29, 0.717) is 5.57 Å². The molecule has 0 heterocycles. The van der Waals surface area contributed by atoms with Crippen LogP contribution >= 0.6 is 11.6 Å². The van der Waals surface area contributed by atoms with Crippen LogP contribution in [-0.4, -0.2) is 23.6 Å². The van der Waals surface area contributed by atoms with Crippen molar-refractivity contribution in [1.82, 2.24) is 0 Å². The number of halogens is 1. The van der Waals surface area contributed by atoms with Gasteiger partial charge in [0.15, 0.2) is 11.4 Å².